The third-order valence-electron chi connectivity index (χ3n) is 3.62. The fourth-order valence-electron chi connectivity index (χ4n) is 2.23. The molecule has 0 spiro atoms. The molecule has 94 valence electrons. The zero-order valence-electron chi connectivity index (χ0n) is 10.4. The van der Waals surface area contributed by atoms with Gasteiger partial charge in [-0.1, -0.05) is 0 Å². The van der Waals surface area contributed by atoms with Crippen molar-refractivity contribution in [1.82, 2.24) is 15.0 Å². The molecule has 2 heterocycles. The lowest BCUT2D eigenvalue weighted by atomic mass is 9.80. The molecule has 1 N–H and O–H groups in total. The molecule has 0 aliphatic heterocycles. The minimum atomic E-state index is -0.000989. The van der Waals surface area contributed by atoms with Gasteiger partial charge in [-0.2, -0.15) is 0 Å². The van der Waals surface area contributed by atoms with E-state index in [0.717, 1.165) is 30.7 Å². The Morgan fingerprint density at radius 2 is 2.11 bits per heavy atom. The summed E-state index contributed by atoms with van der Waals surface area (Å²) in [6, 6.07) is 3.86. The number of aromatic nitrogens is 3. The van der Waals surface area contributed by atoms with Gasteiger partial charge in [0.2, 0.25) is 0 Å². The van der Waals surface area contributed by atoms with Gasteiger partial charge in [-0.25, -0.2) is 9.97 Å². The number of fused-ring (bicyclic) bond motifs is 1. The van der Waals surface area contributed by atoms with E-state index in [4.69, 9.17) is 4.74 Å². The fraction of sp³-hybridized carbons (Fsp3) is 0.462. The van der Waals surface area contributed by atoms with E-state index < -0.39 is 0 Å². The Kier molecular flexibility index (Phi) is 2.83. The van der Waals surface area contributed by atoms with Gasteiger partial charge < -0.3 is 10.1 Å². The lowest BCUT2D eigenvalue weighted by molar-refractivity contribution is -0.0601. The van der Waals surface area contributed by atoms with Gasteiger partial charge in [0.05, 0.1) is 5.60 Å². The lowest BCUT2D eigenvalue weighted by Gasteiger charge is -2.40. The third kappa shape index (κ3) is 2.01. The van der Waals surface area contributed by atoms with E-state index in [9.17, 15) is 0 Å². The van der Waals surface area contributed by atoms with Gasteiger partial charge in [-0.05, 0) is 31.4 Å². The molecule has 1 saturated carbocycles. The molecule has 0 saturated heterocycles. The van der Waals surface area contributed by atoms with Crippen LogP contribution in [0.15, 0.2) is 24.5 Å². The van der Waals surface area contributed by atoms with E-state index in [2.05, 4.69) is 20.3 Å². The molecule has 2 aromatic rings. The van der Waals surface area contributed by atoms with Crippen molar-refractivity contribution in [2.45, 2.75) is 24.9 Å². The number of anilines is 1. The second-order valence-electron chi connectivity index (χ2n) is 4.69. The Labute approximate surface area is 106 Å². The van der Waals surface area contributed by atoms with Crippen molar-refractivity contribution in [3.05, 3.63) is 24.5 Å². The number of ether oxygens (including phenoxy) is 1. The van der Waals surface area contributed by atoms with Crippen molar-refractivity contribution in [3.63, 3.8) is 0 Å². The van der Waals surface area contributed by atoms with E-state index in [1.54, 1.807) is 19.5 Å². The van der Waals surface area contributed by atoms with Crippen LogP contribution in [0.5, 0.6) is 0 Å². The summed E-state index contributed by atoms with van der Waals surface area (Å²) >= 11 is 0. The smallest absolute Gasteiger partial charge is 0.180 e. The Morgan fingerprint density at radius 3 is 2.83 bits per heavy atom. The van der Waals surface area contributed by atoms with E-state index in [1.807, 2.05) is 12.1 Å². The van der Waals surface area contributed by atoms with E-state index in [1.165, 1.54) is 6.42 Å². The largest absolute Gasteiger partial charge is 0.376 e. The molecular formula is C13H16N4O. The highest BCUT2D eigenvalue weighted by Crippen LogP contribution is 2.34. The van der Waals surface area contributed by atoms with Crippen molar-refractivity contribution >= 4 is 17.0 Å². The van der Waals surface area contributed by atoms with Gasteiger partial charge in [0, 0.05) is 26.0 Å². The van der Waals surface area contributed by atoms with Gasteiger partial charge in [0.15, 0.2) is 5.65 Å². The van der Waals surface area contributed by atoms with Crippen LogP contribution in [0.1, 0.15) is 19.3 Å². The lowest BCUT2D eigenvalue weighted by Crippen LogP contribution is -2.45. The average Bonchev–Trinajstić information content (AvgIpc) is 2.38. The van der Waals surface area contributed by atoms with Crippen LogP contribution in [-0.4, -0.2) is 34.2 Å². The van der Waals surface area contributed by atoms with Gasteiger partial charge in [-0.3, -0.25) is 4.98 Å². The van der Waals surface area contributed by atoms with Crippen LogP contribution in [-0.2, 0) is 4.74 Å². The second-order valence-corrected chi connectivity index (χ2v) is 4.69. The van der Waals surface area contributed by atoms with Crippen molar-refractivity contribution in [3.8, 4) is 0 Å². The van der Waals surface area contributed by atoms with Gasteiger partial charge in [-0.15, -0.1) is 0 Å². The number of methoxy groups -OCH3 is 1. The highest BCUT2D eigenvalue weighted by molar-refractivity contribution is 5.71. The Morgan fingerprint density at radius 1 is 1.28 bits per heavy atom. The molecule has 1 fully saturated rings. The van der Waals surface area contributed by atoms with Crippen molar-refractivity contribution in [2.24, 2.45) is 0 Å². The van der Waals surface area contributed by atoms with Crippen LogP contribution < -0.4 is 5.32 Å². The molecule has 18 heavy (non-hydrogen) atoms. The van der Waals surface area contributed by atoms with Gasteiger partial charge in [0.25, 0.3) is 0 Å². The summed E-state index contributed by atoms with van der Waals surface area (Å²) < 4.78 is 5.56. The monoisotopic (exact) mass is 244 g/mol. The molecule has 5 nitrogen and oxygen atoms in total. The summed E-state index contributed by atoms with van der Waals surface area (Å²) in [6.07, 6.45) is 6.80. The highest BCUT2D eigenvalue weighted by atomic mass is 16.5. The number of hydrogen-bond donors (Lipinski definition) is 1. The van der Waals surface area contributed by atoms with Crippen LogP contribution in [0.25, 0.3) is 11.2 Å². The van der Waals surface area contributed by atoms with Crippen molar-refractivity contribution in [1.29, 1.82) is 0 Å². The summed E-state index contributed by atoms with van der Waals surface area (Å²) in [5, 5.41) is 3.33. The molecule has 2 aromatic heterocycles. The number of hydrogen-bond acceptors (Lipinski definition) is 5. The zero-order chi connectivity index (χ0) is 12.4. The van der Waals surface area contributed by atoms with Crippen LogP contribution in [0.3, 0.4) is 0 Å². The fourth-order valence-corrected chi connectivity index (χ4v) is 2.23. The minimum absolute atomic E-state index is 0.000989. The molecule has 0 bridgehead atoms. The summed E-state index contributed by atoms with van der Waals surface area (Å²) in [5.74, 6) is 0.825. The second kappa shape index (κ2) is 4.49. The molecule has 3 rings (SSSR count). The molecule has 0 aromatic carbocycles. The Hall–Kier alpha value is -1.75. The topological polar surface area (TPSA) is 59.9 Å². The first kappa shape index (κ1) is 11.3. The third-order valence-corrected chi connectivity index (χ3v) is 3.62. The molecule has 1 aliphatic carbocycles. The minimum Gasteiger partial charge on any atom is -0.376 e. The van der Waals surface area contributed by atoms with Crippen LogP contribution >= 0.6 is 0 Å². The number of nitrogens with one attached hydrogen (secondary N) is 1. The van der Waals surface area contributed by atoms with Crippen LogP contribution in [0.2, 0.25) is 0 Å². The van der Waals surface area contributed by atoms with Crippen molar-refractivity contribution < 1.29 is 4.74 Å². The summed E-state index contributed by atoms with van der Waals surface area (Å²) in [5.41, 5.74) is 1.48. The molecule has 1 aliphatic rings. The normalized spacial score (nSPS) is 17.4. The van der Waals surface area contributed by atoms with Gasteiger partial charge in [0.1, 0.15) is 11.3 Å². The van der Waals surface area contributed by atoms with E-state index in [0.29, 0.717) is 5.65 Å². The first-order valence-corrected chi connectivity index (χ1v) is 6.18. The molecule has 5 heteroatoms. The maximum absolute atomic E-state index is 5.56. The summed E-state index contributed by atoms with van der Waals surface area (Å²) in [7, 11) is 1.78. The maximum Gasteiger partial charge on any atom is 0.180 e. The summed E-state index contributed by atoms with van der Waals surface area (Å²) in [6.45, 7) is 0.794. The Bertz CT molecular complexity index is 548. The van der Waals surface area contributed by atoms with Crippen molar-refractivity contribution in [2.75, 3.05) is 19.0 Å². The summed E-state index contributed by atoms with van der Waals surface area (Å²) in [4.78, 5) is 12.8. The van der Waals surface area contributed by atoms with Gasteiger partial charge >= 0.3 is 0 Å². The number of pyridine rings is 1. The van der Waals surface area contributed by atoms with Crippen LogP contribution in [0.4, 0.5) is 5.82 Å². The quantitative estimate of drug-likeness (QED) is 0.891. The molecular weight excluding hydrogens is 228 g/mol. The Balaban J connectivity index is 1.74. The predicted octanol–water partition coefficient (Wildman–Crippen LogP) is 2.01. The molecule has 0 amide bonds. The first-order valence-electron chi connectivity index (χ1n) is 6.18. The molecule has 0 atom stereocenters. The molecule has 0 radical (unpaired) electrons. The molecule has 0 unspecified atom stereocenters. The number of rotatable bonds is 4. The highest BCUT2D eigenvalue weighted by Gasteiger charge is 2.36. The van der Waals surface area contributed by atoms with E-state index >= 15 is 0 Å². The predicted molar refractivity (Wildman–Crippen MR) is 69.4 cm³/mol. The maximum atomic E-state index is 5.56. The standard InChI is InChI=1S/C13H16N4O/c1-18-13(5-2-6-13)9-16-11-4-3-10-12(17-11)15-8-7-14-10/h3-4,7-8H,2,5-6,9H2,1H3,(H,15,16,17). The SMILES string of the molecule is COC1(CNc2ccc3nccnc3n2)CCC1. The zero-order valence-corrected chi connectivity index (χ0v) is 10.4. The number of nitrogens with zero attached hydrogens (tertiary/aromatic N) is 3. The average molecular weight is 244 g/mol. The van der Waals surface area contributed by atoms with E-state index in [-0.39, 0.29) is 5.60 Å². The first-order chi connectivity index (χ1) is 8.81. The van der Waals surface area contributed by atoms with Crippen LogP contribution in [0, 0.1) is 0 Å².